The zero-order valence-electron chi connectivity index (χ0n) is 10.3. The summed E-state index contributed by atoms with van der Waals surface area (Å²) in [6, 6.07) is 16.8. The normalized spacial score (nSPS) is 10.3. The van der Waals surface area contributed by atoms with Crippen LogP contribution in [0.1, 0.15) is 15.9 Å². The van der Waals surface area contributed by atoms with E-state index in [1.54, 1.807) is 18.2 Å². The Morgan fingerprint density at radius 3 is 2.63 bits per heavy atom. The van der Waals surface area contributed by atoms with Crippen molar-refractivity contribution in [3.8, 4) is 0 Å². The van der Waals surface area contributed by atoms with E-state index in [9.17, 15) is 4.79 Å². The lowest BCUT2D eigenvalue weighted by Gasteiger charge is -2.05. The summed E-state index contributed by atoms with van der Waals surface area (Å²) in [5.41, 5.74) is 1.43. The van der Waals surface area contributed by atoms with Crippen LogP contribution in [-0.4, -0.2) is 17.0 Å². The highest BCUT2D eigenvalue weighted by Gasteiger charge is 2.03. The van der Waals surface area contributed by atoms with Gasteiger partial charge in [0.1, 0.15) is 0 Å². The highest BCUT2D eigenvalue weighted by Crippen LogP contribution is 2.19. The average Bonchev–Trinajstić information content (AvgIpc) is 2.45. The van der Waals surface area contributed by atoms with Crippen LogP contribution >= 0.6 is 11.8 Å². The van der Waals surface area contributed by atoms with Crippen LogP contribution in [0.2, 0.25) is 0 Å². The lowest BCUT2D eigenvalue weighted by Crippen LogP contribution is -1.96. The molecule has 0 bridgehead atoms. The molecule has 0 amide bonds. The first-order chi connectivity index (χ1) is 9.25. The monoisotopic (exact) mass is 274 g/mol. The molecule has 0 heterocycles. The zero-order chi connectivity index (χ0) is 13.5. The van der Waals surface area contributed by atoms with Crippen molar-refractivity contribution in [3.05, 3.63) is 65.7 Å². The molecule has 19 heavy (non-hydrogen) atoms. The first kappa shape index (κ1) is 13.6. The molecular weight excluding hydrogens is 260 g/mol. The second kappa shape index (κ2) is 6.97. The summed E-state index contributed by atoms with van der Waals surface area (Å²) >= 11 is 1.49. The standard InChI is InChI=1S/C15H14O3S/c16-15(17)13-7-4-8-14(9-13)19-11-18-10-12-5-2-1-3-6-12/h1-9H,10-11H2,(H,16,17). The van der Waals surface area contributed by atoms with Gasteiger partial charge in [-0.05, 0) is 23.8 Å². The zero-order valence-corrected chi connectivity index (χ0v) is 11.1. The average molecular weight is 274 g/mol. The Hall–Kier alpha value is -1.78. The van der Waals surface area contributed by atoms with Gasteiger partial charge in [0.15, 0.2) is 0 Å². The van der Waals surface area contributed by atoms with Crippen molar-refractivity contribution < 1.29 is 14.6 Å². The first-order valence-electron chi connectivity index (χ1n) is 5.83. The second-order valence-electron chi connectivity index (χ2n) is 3.93. The highest BCUT2D eigenvalue weighted by atomic mass is 32.2. The van der Waals surface area contributed by atoms with Crippen molar-refractivity contribution in [1.29, 1.82) is 0 Å². The molecule has 0 atom stereocenters. The fraction of sp³-hybridized carbons (Fsp3) is 0.133. The Balaban J connectivity index is 1.80. The minimum absolute atomic E-state index is 0.299. The van der Waals surface area contributed by atoms with Gasteiger partial charge in [-0.15, -0.1) is 0 Å². The Kier molecular flexibility index (Phi) is 5.01. The van der Waals surface area contributed by atoms with Gasteiger partial charge in [0, 0.05) is 4.90 Å². The number of carboxylic acids is 1. The lowest BCUT2D eigenvalue weighted by atomic mass is 10.2. The van der Waals surface area contributed by atoms with Crippen LogP contribution in [0, 0.1) is 0 Å². The molecular formula is C15H14O3S. The van der Waals surface area contributed by atoms with Gasteiger partial charge in [0.05, 0.1) is 18.1 Å². The fourth-order valence-corrected chi connectivity index (χ4v) is 2.25. The number of rotatable bonds is 6. The van der Waals surface area contributed by atoms with Crippen LogP contribution < -0.4 is 0 Å². The van der Waals surface area contributed by atoms with Crippen LogP contribution in [0.25, 0.3) is 0 Å². The van der Waals surface area contributed by atoms with Crippen molar-refractivity contribution in [2.45, 2.75) is 11.5 Å². The van der Waals surface area contributed by atoms with Crippen molar-refractivity contribution in [3.63, 3.8) is 0 Å². The lowest BCUT2D eigenvalue weighted by molar-refractivity contribution is 0.0696. The third-order valence-corrected chi connectivity index (χ3v) is 3.37. The molecule has 4 heteroatoms. The molecule has 0 saturated heterocycles. The molecule has 3 nitrogen and oxygen atoms in total. The number of hydrogen-bond donors (Lipinski definition) is 1. The Morgan fingerprint density at radius 2 is 1.89 bits per heavy atom. The van der Waals surface area contributed by atoms with Gasteiger partial charge >= 0.3 is 5.97 Å². The Labute approximate surface area is 116 Å². The molecule has 1 N–H and O–H groups in total. The highest BCUT2D eigenvalue weighted by molar-refractivity contribution is 7.99. The number of carboxylic acid groups (broad SMARTS) is 1. The Bertz CT molecular complexity index is 540. The van der Waals surface area contributed by atoms with Gasteiger partial charge in [-0.25, -0.2) is 4.79 Å². The van der Waals surface area contributed by atoms with E-state index in [1.165, 1.54) is 11.8 Å². The summed E-state index contributed by atoms with van der Waals surface area (Å²) in [5, 5.41) is 8.89. The van der Waals surface area contributed by atoms with Gasteiger partial charge in [0.25, 0.3) is 0 Å². The Morgan fingerprint density at radius 1 is 1.11 bits per heavy atom. The molecule has 0 aliphatic carbocycles. The van der Waals surface area contributed by atoms with E-state index in [0.29, 0.717) is 18.1 Å². The number of carbonyl (C=O) groups is 1. The molecule has 0 unspecified atom stereocenters. The number of aromatic carboxylic acids is 1. The van der Waals surface area contributed by atoms with E-state index in [0.717, 1.165) is 10.5 Å². The van der Waals surface area contributed by atoms with E-state index < -0.39 is 5.97 Å². The van der Waals surface area contributed by atoms with Gasteiger partial charge in [-0.2, -0.15) is 0 Å². The van der Waals surface area contributed by atoms with E-state index >= 15 is 0 Å². The number of hydrogen-bond acceptors (Lipinski definition) is 3. The van der Waals surface area contributed by atoms with Gasteiger partial charge in [-0.3, -0.25) is 0 Å². The molecule has 0 fully saturated rings. The quantitative estimate of drug-likeness (QED) is 0.496. The van der Waals surface area contributed by atoms with E-state index in [2.05, 4.69) is 0 Å². The molecule has 0 radical (unpaired) electrons. The van der Waals surface area contributed by atoms with Crippen LogP contribution in [0.4, 0.5) is 0 Å². The molecule has 0 aliphatic rings. The third-order valence-electron chi connectivity index (χ3n) is 2.50. The topological polar surface area (TPSA) is 46.5 Å². The summed E-state index contributed by atoms with van der Waals surface area (Å²) in [6.07, 6.45) is 0. The third kappa shape index (κ3) is 4.43. The van der Waals surface area contributed by atoms with Gasteiger partial charge in [-0.1, -0.05) is 48.2 Å². The van der Waals surface area contributed by atoms with Crippen molar-refractivity contribution in [1.82, 2.24) is 0 Å². The minimum atomic E-state index is -0.910. The SMILES string of the molecule is O=C(O)c1cccc(SCOCc2ccccc2)c1. The fourth-order valence-electron chi connectivity index (χ4n) is 1.56. The van der Waals surface area contributed by atoms with Gasteiger partial charge in [0.2, 0.25) is 0 Å². The molecule has 2 rings (SSSR count). The summed E-state index contributed by atoms with van der Waals surface area (Å²) in [6.45, 7) is 0.562. The number of benzene rings is 2. The van der Waals surface area contributed by atoms with E-state index in [4.69, 9.17) is 9.84 Å². The first-order valence-corrected chi connectivity index (χ1v) is 6.82. The molecule has 2 aromatic rings. The summed E-state index contributed by atoms with van der Waals surface area (Å²) in [7, 11) is 0. The predicted octanol–water partition coefficient (Wildman–Crippen LogP) is 3.65. The van der Waals surface area contributed by atoms with Crippen LogP contribution in [-0.2, 0) is 11.3 Å². The van der Waals surface area contributed by atoms with Crippen molar-refractivity contribution in [2.75, 3.05) is 5.94 Å². The molecule has 0 saturated carbocycles. The smallest absolute Gasteiger partial charge is 0.335 e. The minimum Gasteiger partial charge on any atom is -0.478 e. The maximum atomic E-state index is 10.8. The predicted molar refractivity (Wildman–Crippen MR) is 75.4 cm³/mol. The largest absolute Gasteiger partial charge is 0.478 e. The maximum Gasteiger partial charge on any atom is 0.335 e. The maximum absolute atomic E-state index is 10.8. The number of thioether (sulfide) groups is 1. The summed E-state index contributed by atoms with van der Waals surface area (Å²) in [4.78, 5) is 11.7. The number of ether oxygens (including phenoxy) is 1. The molecule has 98 valence electrons. The summed E-state index contributed by atoms with van der Waals surface area (Å²) < 4.78 is 5.54. The molecule has 0 spiro atoms. The molecule has 2 aromatic carbocycles. The van der Waals surface area contributed by atoms with Crippen LogP contribution in [0.5, 0.6) is 0 Å². The molecule has 0 aromatic heterocycles. The van der Waals surface area contributed by atoms with Crippen molar-refractivity contribution >= 4 is 17.7 Å². The second-order valence-corrected chi connectivity index (χ2v) is 4.93. The summed E-state index contributed by atoms with van der Waals surface area (Å²) in [5.74, 6) is -0.412. The molecule has 0 aliphatic heterocycles. The van der Waals surface area contributed by atoms with E-state index in [-0.39, 0.29) is 0 Å². The van der Waals surface area contributed by atoms with Crippen molar-refractivity contribution in [2.24, 2.45) is 0 Å². The van der Waals surface area contributed by atoms with Crippen LogP contribution in [0.15, 0.2) is 59.5 Å². The van der Waals surface area contributed by atoms with Gasteiger partial charge < -0.3 is 9.84 Å². The van der Waals surface area contributed by atoms with Crippen LogP contribution in [0.3, 0.4) is 0 Å². The van der Waals surface area contributed by atoms with E-state index in [1.807, 2.05) is 36.4 Å².